The topological polar surface area (TPSA) is 119 Å². The lowest BCUT2D eigenvalue weighted by Gasteiger charge is -2.28. The van der Waals surface area contributed by atoms with Crippen molar-refractivity contribution >= 4 is 21.4 Å². The second-order valence-electron chi connectivity index (χ2n) is 9.35. The summed E-state index contributed by atoms with van der Waals surface area (Å²) in [5.74, 6) is 0.317. The summed E-state index contributed by atoms with van der Waals surface area (Å²) in [5, 5.41) is 22.3. The van der Waals surface area contributed by atoms with Gasteiger partial charge in [-0.25, -0.2) is 8.42 Å². The highest BCUT2D eigenvalue weighted by atomic mass is 32.2. The normalized spacial score (nSPS) is 12.5. The summed E-state index contributed by atoms with van der Waals surface area (Å²) in [6.45, 7) is 13.5. The van der Waals surface area contributed by atoms with Crippen LogP contribution in [0.5, 0.6) is 11.5 Å². The van der Waals surface area contributed by atoms with Gasteiger partial charge in [0.15, 0.2) is 4.90 Å². The maximum atomic E-state index is 13.1. The molecule has 0 aliphatic rings. The Bertz CT molecular complexity index is 1060. The number of phenolic OH excluding ortho intramolecular Hbond substituents is 1. The Kier molecular flexibility index (Phi) is 6.61. The van der Waals surface area contributed by atoms with Crippen LogP contribution in [-0.4, -0.2) is 25.1 Å². The number of nitro benzene ring substituents is 1. The van der Waals surface area contributed by atoms with Crippen molar-refractivity contribution in [2.75, 3.05) is 11.3 Å². The van der Waals surface area contributed by atoms with Crippen LogP contribution in [-0.2, 0) is 20.9 Å². The molecule has 0 amide bonds. The van der Waals surface area contributed by atoms with Gasteiger partial charge in [-0.1, -0.05) is 41.5 Å². The molecule has 0 atom stereocenters. The van der Waals surface area contributed by atoms with Crippen molar-refractivity contribution in [1.82, 2.24) is 0 Å². The first-order valence-corrected chi connectivity index (χ1v) is 11.4. The zero-order valence-electron chi connectivity index (χ0n) is 18.9. The van der Waals surface area contributed by atoms with E-state index in [4.69, 9.17) is 4.74 Å². The van der Waals surface area contributed by atoms with Crippen molar-refractivity contribution in [3.63, 3.8) is 0 Å². The van der Waals surface area contributed by atoms with Gasteiger partial charge in [-0.2, -0.15) is 0 Å². The predicted molar refractivity (Wildman–Crippen MR) is 121 cm³/mol. The van der Waals surface area contributed by atoms with E-state index in [2.05, 4.69) is 4.72 Å². The molecule has 0 aromatic heterocycles. The molecule has 2 rings (SSSR count). The number of nitro groups is 1. The zero-order valence-corrected chi connectivity index (χ0v) is 19.8. The number of sulfonamides is 1. The average Bonchev–Trinajstić information content (AvgIpc) is 2.61. The van der Waals surface area contributed by atoms with Crippen LogP contribution in [0.15, 0.2) is 35.2 Å². The van der Waals surface area contributed by atoms with Crippen LogP contribution in [0.2, 0.25) is 0 Å². The number of nitrogens with one attached hydrogen (secondary N) is 1. The summed E-state index contributed by atoms with van der Waals surface area (Å²) in [4.78, 5) is 10.3. The third-order valence-corrected chi connectivity index (χ3v) is 6.13. The Balaban J connectivity index is 2.64. The Morgan fingerprint density at radius 1 is 1.03 bits per heavy atom. The molecule has 170 valence electrons. The van der Waals surface area contributed by atoms with Gasteiger partial charge in [0.05, 0.1) is 17.6 Å². The number of benzene rings is 2. The molecule has 31 heavy (non-hydrogen) atoms. The molecule has 2 aromatic carbocycles. The summed E-state index contributed by atoms with van der Waals surface area (Å²) < 4.78 is 33.9. The van der Waals surface area contributed by atoms with Crippen LogP contribution in [0.3, 0.4) is 0 Å². The number of hydrogen-bond acceptors (Lipinski definition) is 6. The van der Waals surface area contributed by atoms with E-state index >= 15 is 0 Å². The minimum absolute atomic E-state index is 0.106. The van der Waals surface area contributed by atoms with Crippen molar-refractivity contribution < 1.29 is 23.2 Å². The third-order valence-electron chi connectivity index (χ3n) is 4.71. The van der Waals surface area contributed by atoms with E-state index in [0.717, 1.165) is 12.1 Å². The Hall–Kier alpha value is -2.81. The molecule has 8 nitrogen and oxygen atoms in total. The van der Waals surface area contributed by atoms with E-state index in [-0.39, 0.29) is 17.2 Å². The van der Waals surface area contributed by atoms with Gasteiger partial charge in [-0.15, -0.1) is 0 Å². The van der Waals surface area contributed by atoms with Gasteiger partial charge >= 0.3 is 0 Å². The van der Waals surface area contributed by atoms with Gasteiger partial charge in [-0.05, 0) is 42.0 Å². The number of rotatable bonds is 6. The molecule has 0 saturated carbocycles. The largest absolute Gasteiger partial charge is 0.507 e. The highest BCUT2D eigenvalue weighted by Gasteiger charge is 2.30. The summed E-state index contributed by atoms with van der Waals surface area (Å²) in [6.07, 6.45) is 0. The standard InChI is InChI=1S/C22H30N2O6S/c1-8-30-15-9-10-19(18(13-15)24(26)27)31(28,29)23-14-11-16(21(2,3)4)20(25)17(12-14)22(5,6)7/h9-13,23,25H,8H2,1-7H3. The minimum Gasteiger partial charge on any atom is -0.507 e. The number of aromatic hydroxyl groups is 1. The maximum Gasteiger partial charge on any atom is 0.293 e. The van der Waals surface area contributed by atoms with Gasteiger partial charge in [0.2, 0.25) is 0 Å². The molecule has 0 spiro atoms. The number of hydrogen-bond donors (Lipinski definition) is 2. The monoisotopic (exact) mass is 450 g/mol. The van der Waals surface area contributed by atoms with Crippen molar-refractivity contribution in [2.24, 2.45) is 0 Å². The summed E-state index contributed by atoms with van der Waals surface area (Å²) in [6, 6.07) is 6.74. The first kappa shape index (κ1) is 24.5. The molecule has 0 aliphatic heterocycles. The zero-order chi connectivity index (χ0) is 23.8. The Morgan fingerprint density at radius 3 is 1.97 bits per heavy atom. The minimum atomic E-state index is -4.29. The van der Waals surface area contributed by atoms with Gasteiger partial charge in [0.1, 0.15) is 11.5 Å². The van der Waals surface area contributed by atoms with Gasteiger partial charge in [0, 0.05) is 16.8 Å². The first-order chi connectivity index (χ1) is 14.1. The fourth-order valence-corrected chi connectivity index (χ4v) is 4.36. The smallest absolute Gasteiger partial charge is 0.293 e. The summed E-state index contributed by atoms with van der Waals surface area (Å²) in [5.41, 5.74) is -0.148. The maximum absolute atomic E-state index is 13.1. The predicted octanol–water partition coefficient (Wildman–Crippen LogP) is 5.09. The molecule has 0 aliphatic carbocycles. The van der Waals surface area contributed by atoms with E-state index in [0.29, 0.717) is 17.7 Å². The summed E-state index contributed by atoms with van der Waals surface area (Å²) in [7, 11) is -4.29. The molecule has 2 N–H and O–H groups in total. The average molecular weight is 451 g/mol. The molecule has 0 heterocycles. The quantitative estimate of drug-likeness (QED) is 0.359. The van der Waals surface area contributed by atoms with E-state index in [9.17, 15) is 23.6 Å². The van der Waals surface area contributed by atoms with Gasteiger partial charge in [-0.3, -0.25) is 14.8 Å². The summed E-state index contributed by atoms with van der Waals surface area (Å²) >= 11 is 0. The van der Waals surface area contributed by atoms with Crippen molar-refractivity contribution in [2.45, 2.75) is 64.2 Å². The van der Waals surface area contributed by atoms with Crippen LogP contribution < -0.4 is 9.46 Å². The van der Waals surface area contributed by atoms with Crippen LogP contribution in [0.1, 0.15) is 59.6 Å². The number of phenols is 1. The fourth-order valence-electron chi connectivity index (χ4n) is 3.17. The lowest BCUT2D eigenvalue weighted by Crippen LogP contribution is -2.20. The van der Waals surface area contributed by atoms with E-state index in [1.54, 1.807) is 19.1 Å². The van der Waals surface area contributed by atoms with Crippen LogP contribution in [0, 0.1) is 10.1 Å². The molecular weight excluding hydrogens is 420 g/mol. The van der Waals surface area contributed by atoms with Crippen LogP contribution >= 0.6 is 0 Å². The highest BCUT2D eigenvalue weighted by molar-refractivity contribution is 7.92. The molecule has 0 radical (unpaired) electrons. The second kappa shape index (κ2) is 8.37. The molecule has 0 fully saturated rings. The van der Waals surface area contributed by atoms with Crippen LogP contribution in [0.4, 0.5) is 11.4 Å². The Labute approximate surface area is 183 Å². The molecule has 0 saturated heterocycles. The lowest BCUT2D eigenvalue weighted by molar-refractivity contribution is -0.387. The molecular formula is C22H30N2O6S. The Morgan fingerprint density at radius 2 is 1.55 bits per heavy atom. The SMILES string of the molecule is CCOc1ccc(S(=O)(=O)Nc2cc(C(C)(C)C)c(O)c(C(C)(C)C)c2)c([N+](=O)[O-])c1. The van der Waals surface area contributed by atoms with E-state index < -0.39 is 36.4 Å². The fraction of sp³-hybridized carbons (Fsp3) is 0.455. The van der Waals surface area contributed by atoms with Crippen molar-refractivity contribution in [1.29, 1.82) is 0 Å². The number of anilines is 1. The van der Waals surface area contributed by atoms with Gasteiger partial charge in [0.25, 0.3) is 15.7 Å². The molecule has 0 bridgehead atoms. The van der Waals surface area contributed by atoms with Gasteiger partial charge < -0.3 is 9.84 Å². The number of ether oxygens (including phenoxy) is 1. The second-order valence-corrected chi connectivity index (χ2v) is 11.0. The van der Waals surface area contributed by atoms with Crippen molar-refractivity contribution in [3.05, 3.63) is 51.6 Å². The number of nitrogens with zero attached hydrogens (tertiary/aromatic N) is 1. The first-order valence-electron chi connectivity index (χ1n) is 9.90. The third kappa shape index (κ3) is 5.46. The molecule has 9 heteroatoms. The highest BCUT2D eigenvalue weighted by Crippen LogP contribution is 2.41. The van der Waals surface area contributed by atoms with E-state index in [1.165, 1.54) is 6.07 Å². The molecule has 0 unspecified atom stereocenters. The van der Waals surface area contributed by atoms with E-state index in [1.807, 2.05) is 41.5 Å². The lowest BCUT2D eigenvalue weighted by atomic mass is 9.79. The van der Waals surface area contributed by atoms with Crippen LogP contribution in [0.25, 0.3) is 0 Å². The van der Waals surface area contributed by atoms with Crippen molar-refractivity contribution in [3.8, 4) is 11.5 Å². The molecule has 2 aromatic rings.